The molecule has 2 aromatic carbocycles. The van der Waals surface area contributed by atoms with Crippen molar-refractivity contribution in [3.8, 4) is 28.4 Å². The molecule has 0 aliphatic carbocycles. The molecule has 13 heteroatoms. The Morgan fingerprint density at radius 3 is 1.67 bits per heavy atom. The number of esters is 2. The normalized spacial score (nSPS) is 11.4. The minimum absolute atomic E-state index is 0.109. The number of hydrogen-bond donors (Lipinski definition) is 1. The third-order valence-corrected chi connectivity index (χ3v) is 8.16. The Hall–Kier alpha value is -5.98. The van der Waals surface area contributed by atoms with Crippen LogP contribution in [-0.4, -0.2) is 80.3 Å². The zero-order valence-electron chi connectivity index (χ0n) is 27.7. The Morgan fingerprint density at radius 1 is 0.688 bits per heavy atom. The average Bonchev–Trinajstić information content (AvgIpc) is 3.64. The number of H-pyrrole nitrogens is 1. The highest BCUT2D eigenvalue weighted by atomic mass is 16.6. The molecule has 13 nitrogen and oxygen atoms in total. The number of carbonyl (C=O) groups is 2. The van der Waals surface area contributed by atoms with E-state index in [4.69, 9.17) is 29.4 Å². The number of benzene rings is 2. The van der Waals surface area contributed by atoms with Crippen molar-refractivity contribution in [1.29, 1.82) is 0 Å². The molecule has 0 aliphatic heterocycles. The second-order valence-corrected chi connectivity index (χ2v) is 11.9. The van der Waals surface area contributed by atoms with Crippen LogP contribution in [0.3, 0.4) is 0 Å². The first kappa shape index (κ1) is 32.0. The van der Waals surface area contributed by atoms with E-state index in [1.54, 1.807) is 68.2 Å². The van der Waals surface area contributed by atoms with Crippen molar-refractivity contribution in [2.75, 3.05) is 31.0 Å². The SMILES string of the molecule is COc1ccc(-c2nc3ccc(C(=O)OC(=O)c4ccc5nc(-c6cn[nH]c6)c(N(C)C(C)C)nc5c4)cc3nc2N(C)C(C)C)cn1. The quantitative estimate of drug-likeness (QED) is 0.151. The van der Waals surface area contributed by atoms with Crippen molar-refractivity contribution in [3.05, 3.63) is 78.2 Å². The van der Waals surface area contributed by atoms with Crippen LogP contribution in [-0.2, 0) is 4.74 Å². The highest BCUT2D eigenvalue weighted by Crippen LogP contribution is 2.32. The molecule has 0 aliphatic rings. The number of nitrogens with one attached hydrogen (secondary N) is 1. The molecule has 1 N–H and O–H groups in total. The molecule has 0 saturated carbocycles. The molecular weight excluding hydrogens is 610 g/mol. The van der Waals surface area contributed by atoms with Crippen molar-refractivity contribution in [3.63, 3.8) is 0 Å². The molecule has 244 valence electrons. The van der Waals surface area contributed by atoms with Crippen molar-refractivity contribution in [2.24, 2.45) is 0 Å². The predicted octanol–water partition coefficient (Wildman–Crippen LogP) is 5.72. The van der Waals surface area contributed by atoms with Gasteiger partial charge in [-0.2, -0.15) is 5.10 Å². The molecule has 0 amide bonds. The monoisotopic (exact) mass is 645 g/mol. The zero-order chi connectivity index (χ0) is 34.1. The van der Waals surface area contributed by atoms with Crippen LogP contribution >= 0.6 is 0 Å². The molecule has 0 bridgehead atoms. The van der Waals surface area contributed by atoms with E-state index in [9.17, 15) is 9.59 Å². The van der Waals surface area contributed by atoms with Gasteiger partial charge in [-0.15, -0.1) is 0 Å². The van der Waals surface area contributed by atoms with Gasteiger partial charge < -0.3 is 19.3 Å². The Labute approximate surface area is 277 Å². The highest BCUT2D eigenvalue weighted by molar-refractivity contribution is 6.05. The second kappa shape index (κ2) is 13.0. The van der Waals surface area contributed by atoms with Gasteiger partial charge in [0, 0.05) is 55.8 Å². The van der Waals surface area contributed by atoms with Gasteiger partial charge in [-0.1, -0.05) is 0 Å². The number of methoxy groups -OCH3 is 1. The summed E-state index contributed by atoms with van der Waals surface area (Å²) in [7, 11) is 5.41. The summed E-state index contributed by atoms with van der Waals surface area (Å²) in [6, 6.07) is 13.5. The molecule has 0 radical (unpaired) electrons. The highest BCUT2D eigenvalue weighted by Gasteiger charge is 2.22. The van der Waals surface area contributed by atoms with E-state index in [0.29, 0.717) is 51.0 Å². The molecule has 0 spiro atoms. The molecule has 4 heterocycles. The standard InChI is InChI=1S/C35H35N9O4/c1-19(2)43(5)32-30(23-10-13-29(47-7)36-16-23)39-25-11-8-21(14-27(25)41-32)34(45)48-35(46)22-9-12-26-28(15-22)42-33(44(6)20(3)4)31(40-26)24-17-37-38-18-24/h8-20H,1-7H3,(H,37,38). The van der Waals surface area contributed by atoms with Gasteiger partial charge in [0.2, 0.25) is 5.88 Å². The molecule has 6 rings (SSSR count). The molecule has 4 aromatic heterocycles. The molecule has 0 unspecified atom stereocenters. The summed E-state index contributed by atoms with van der Waals surface area (Å²) in [6.45, 7) is 8.18. The lowest BCUT2D eigenvalue weighted by molar-refractivity contribution is 0.0398. The maximum absolute atomic E-state index is 13.2. The Kier molecular flexibility index (Phi) is 8.68. The summed E-state index contributed by atoms with van der Waals surface area (Å²) < 4.78 is 10.5. The average molecular weight is 646 g/mol. The molecule has 0 atom stereocenters. The van der Waals surface area contributed by atoms with Crippen LogP contribution in [0.5, 0.6) is 5.88 Å². The summed E-state index contributed by atoms with van der Waals surface area (Å²) in [5, 5.41) is 6.87. The molecule has 48 heavy (non-hydrogen) atoms. The van der Waals surface area contributed by atoms with Crippen LogP contribution in [0.15, 0.2) is 67.1 Å². The van der Waals surface area contributed by atoms with Gasteiger partial charge in [0.25, 0.3) is 0 Å². The van der Waals surface area contributed by atoms with Crippen LogP contribution in [0, 0.1) is 0 Å². The fraction of sp³-hybridized carbons (Fsp3) is 0.257. The van der Waals surface area contributed by atoms with Crippen molar-refractivity contribution in [1.82, 2.24) is 35.1 Å². The third kappa shape index (κ3) is 6.21. The number of aromatic nitrogens is 7. The van der Waals surface area contributed by atoms with Gasteiger partial charge in [-0.3, -0.25) is 5.10 Å². The van der Waals surface area contributed by atoms with Gasteiger partial charge in [0.1, 0.15) is 11.4 Å². The minimum Gasteiger partial charge on any atom is -0.481 e. The Morgan fingerprint density at radius 2 is 1.23 bits per heavy atom. The number of ether oxygens (including phenoxy) is 2. The lowest BCUT2D eigenvalue weighted by Gasteiger charge is -2.25. The van der Waals surface area contributed by atoms with Gasteiger partial charge in [-0.05, 0) is 70.2 Å². The van der Waals surface area contributed by atoms with E-state index in [1.165, 1.54) is 0 Å². The first-order valence-electron chi connectivity index (χ1n) is 15.4. The zero-order valence-corrected chi connectivity index (χ0v) is 27.7. The lowest BCUT2D eigenvalue weighted by Crippen LogP contribution is -2.27. The number of pyridine rings is 1. The van der Waals surface area contributed by atoms with Crippen LogP contribution in [0.4, 0.5) is 11.6 Å². The van der Waals surface area contributed by atoms with Crippen molar-refractivity contribution in [2.45, 2.75) is 39.8 Å². The lowest BCUT2D eigenvalue weighted by atomic mass is 10.1. The smallest absolute Gasteiger partial charge is 0.346 e. The van der Waals surface area contributed by atoms with Gasteiger partial charge in [0.15, 0.2) is 11.6 Å². The number of anilines is 2. The molecule has 6 aromatic rings. The summed E-state index contributed by atoms with van der Waals surface area (Å²) in [4.78, 5) is 54.2. The fourth-order valence-corrected chi connectivity index (χ4v) is 4.94. The van der Waals surface area contributed by atoms with Gasteiger partial charge in [0.05, 0.1) is 46.5 Å². The summed E-state index contributed by atoms with van der Waals surface area (Å²) >= 11 is 0. The van der Waals surface area contributed by atoms with Gasteiger partial charge >= 0.3 is 11.9 Å². The predicted molar refractivity (Wildman–Crippen MR) is 183 cm³/mol. The third-order valence-electron chi connectivity index (χ3n) is 8.16. The van der Waals surface area contributed by atoms with Crippen LogP contribution in [0.1, 0.15) is 48.4 Å². The van der Waals surface area contributed by atoms with E-state index in [2.05, 4.69) is 15.2 Å². The molecule has 0 saturated heterocycles. The summed E-state index contributed by atoms with van der Waals surface area (Å²) in [6.07, 6.45) is 5.12. The van der Waals surface area contributed by atoms with Crippen LogP contribution in [0.2, 0.25) is 0 Å². The number of rotatable bonds is 9. The number of aromatic amines is 1. The van der Waals surface area contributed by atoms with Crippen molar-refractivity contribution >= 4 is 45.6 Å². The number of fused-ring (bicyclic) bond motifs is 2. The number of carbonyl (C=O) groups excluding carboxylic acids is 2. The maximum atomic E-state index is 13.2. The van der Waals surface area contributed by atoms with E-state index in [-0.39, 0.29) is 23.2 Å². The number of hydrogen-bond acceptors (Lipinski definition) is 12. The summed E-state index contributed by atoms with van der Waals surface area (Å²) in [5.41, 5.74) is 5.28. The maximum Gasteiger partial charge on any atom is 0.346 e. The van der Waals surface area contributed by atoms with E-state index in [0.717, 1.165) is 11.1 Å². The van der Waals surface area contributed by atoms with Crippen LogP contribution in [0.25, 0.3) is 44.6 Å². The summed E-state index contributed by atoms with van der Waals surface area (Å²) in [5.74, 6) is 0.111. The largest absolute Gasteiger partial charge is 0.481 e. The van der Waals surface area contributed by atoms with E-state index in [1.807, 2.05) is 57.7 Å². The second-order valence-electron chi connectivity index (χ2n) is 11.9. The fourth-order valence-electron chi connectivity index (χ4n) is 4.94. The van der Waals surface area contributed by atoms with Crippen LogP contribution < -0.4 is 14.5 Å². The first-order chi connectivity index (χ1) is 23.0. The Balaban J connectivity index is 1.30. The first-order valence-corrected chi connectivity index (χ1v) is 15.4. The Bertz CT molecular complexity index is 2130. The van der Waals surface area contributed by atoms with Crippen molar-refractivity contribution < 1.29 is 19.1 Å². The van der Waals surface area contributed by atoms with E-state index >= 15 is 0 Å². The topological polar surface area (TPSA) is 152 Å². The van der Waals surface area contributed by atoms with Gasteiger partial charge in [-0.25, -0.2) is 34.5 Å². The number of nitrogens with zero attached hydrogens (tertiary/aromatic N) is 8. The molecular formula is C35H35N9O4. The molecule has 0 fully saturated rings. The van der Waals surface area contributed by atoms with E-state index < -0.39 is 11.9 Å². The minimum atomic E-state index is -0.812.